The van der Waals surface area contributed by atoms with Gasteiger partial charge in [0.15, 0.2) is 11.5 Å². The molecule has 2 heterocycles. The van der Waals surface area contributed by atoms with Crippen LogP contribution in [0.5, 0.6) is 11.5 Å². The van der Waals surface area contributed by atoms with Crippen molar-refractivity contribution in [1.29, 1.82) is 0 Å². The van der Waals surface area contributed by atoms with Crippen LogP contribution in [0.4, 0.5) is 11.4 Å². The Kier molecular flexibility index (Phi) is 2.94. The van der Waals surface area contributed by atoms with Crippen molar-refractivity contribution >= 4 is 17.3 Å². The number of terminal acetylenes is 1. The molecule has 1 aromatic carbocycles. The van der Waals surface area contributed by atoms with E-state index in [0.29, 0.717) is 11.5 Å². The van der Waals surface area contributed by atoms with Gasteiger partial charge in [0.2, 0.25) is 6.79 Å². The van der Waals surface area contributed by atoms with Crippen LogP contribution in [0.15, 0.2) is 12.1 Å². The molecular weight excluding hydrogens is 256 g/mol. The van der Waals surface area contributed by atoms with Crippen molar-refractivity contribution in [3.63, 3.8) is 0 Å². The lowest BCUT2D eigenvalue weighted by Crippen LogP contribution is -2.49. The van der Waals surface area contributed by atoms with Gasteiger partial charge in [-0.2, -0.15) is 0 Å². The van der Waals surface area contributed by atoms with Gasteiger partial charge < -0.3 is 14.8 Å². The number of anilines is 2. The third kappa shape index (κ3) is 1.85. The molecule has 0 aliphatic carbocycles. The number of rotatable bonds is 2. The number of benzene rings is 1. The summed E-state index contributed by atoms with van der Waals surface area (Å²) in [5.74, 6) is 4.03. The number of ether oxygens (including phenoxy) is 2. The first-order valence-corrected chi connectivity index (χ1v) is 6.57. The maximum Gasteiger partial charge on any atom is 0.250 e. The standard InChI is InChI=1S/C15H16N2O3/c1-4-5-17-11-7-13-12(19-8-20-13)6-10(11)16-14(9(2)3)15(17)18/h1,6-7,9,14,16H,5,8H2,2-3H3. The van der Waals surface area contributed by atoms with Gasteiger partial charge in [-0.1, -0.05) is 19.8 Å². The second kappa shape index (κ2) is 4.64. The van der Waals surface area contributed by atoms with E-state index in [0.717, 1.165) is 11.4 Å². The van der Waals surface area contributed by atoms with Gasteiger partial charge in [-0.25, -0.2) is 0 Å². The highest BCUT2D eigenvalue weighted by molar-refractivity contribution is 6.06. The summed E-state index contributed by atoms with van der Waals surface area (Å²) in [5.41, 5.74) is 1.59. The first kappa shape index (κ1) is 12.7. The third-order valence-electron chi connectivity index (χ3n) is 3.54. The zero-order chi connectivity index (χ0) is 14.3. The van der Waals surface area contributed by atoms with Crippen LogP contribution in [0.25, 0.3) is 0 Å². The van der Waals surface area contributed by atoms with Crippen LogP contribution in [0, 0.1) is 18.3 Å². The second-order valence-corrected chi connectivity index (χ2v) is 5.22. The molecule has 5 nitrogen and oxygen atoms in total. The fourth-order valence-electron chi connectivity index (χ4n) is 2.49. The molecule has 3 rings (SSSR count). The summed E-state index contributed by atoms with van der Waals surface area (Å²) in [4.78, 5) is 14.1. The van der Waals surface area contributed by atoms with E-state index >= 15 is 0 Å². The van der Waals surface area contributed by atoms with Gasteiger partial charge in [0.1, 0.15) is 6.04 Å². The summed E-state index contributed by atoms with van der Waals surface area (Å²) in [7, 11) is 0. The Labute approximate surface area is 117 Å². The van der Waals surface area contributed by atoms with Crippen molar-refractivity contribution in [2.24, 2.45) is 5.92 Å². The van der Waals surface area contributed by atoms with Gasteiger partial charge in [-0.15, -0.1) is 6.42 Å². The van der Waals surface area contributed by atoms with E-state index in [1.54, 1.807) is 11.0 Å². The zero-order valence-corrected chi connectivity index (χ0v) is 11.5. The normalized spacial score (nSPS) is 19.6. The number of hydrogen-bond donors (Lipinski definition) is 1. The minimum atomic E-state index is -0.281. The van der Waals surface area contributed by atoms with Crippen molar-refractivity contribution in [3.8, 4) is 23.8 Å². The highest BCUT2D eigenvalue weighted by Gasteiger charge is 2.35. The number of amides is 1. The highest BCUT2D eigenvalue weighted by atomic mass is 16.7. The Morgan fingerprint density at radius 1 is 1.45 bits per heavy atom. The topological polar surface area (TPSA) is 50.8 Å². The zero-order valence-electron chi connectivity index (χ0n) is 11.5. The SMILES string of the molecule is C#CCN1C(=O)C(C(C)C)Nc2cc3c(cc21)OCO3. The molecule has 2 aliphatic heterocycles. The van der Waals surface area contributed by atoms with E-state index in [-0.39, 0.29) is 31.2 Å². The Balaban J connectivity index is 2.08. The number of hydrogen-bond acceptors (Lipinski definition) is 4. The average Bonchev–Trinajstić information content (AvgIpc) is 2.86. The Morgan fingerprint density at radius 2 is 2.15 bits per heavy atom. The molecule has 1 aromatic rings. The first-order valence-electron chi connectivity index (χ1n) is 6.57. The van der Waals surface area contributed by atoms with Crippen molar-refractivity contribution in [3.05, 3.63) is 12.1 Å². The van der Waals surface area contributed by atoms with Gasteiger partial charge in [0.05, 0.1) is 17.9 Å². The summed E-state index contributed by atoms with van der Waals surface area (Å²) >= 11 is 0. The average molecular weight is 272 g/mol. The summed E-state index contributed by atoms with van der Waals surface area (Å²) in [5, 5.41) is 3.27. The molecule has 0 saturated heterocycles. The van der Waals surface area contributed by atoms with E-state index in [1.165, 1.54) is 0 Å². The summed E-state index contributed by atoms with van der Waals surface area (Å²) < 4.78 is 10.7. The maximum absolute atomic E-state index is 12.5. The van der Waals surface area contributed by atoms with Crippen LogP contribution in [-0.2, 0) is 4.79 Å². The third-order valence-corrected chi connectivity index (χ3v) is 3.54. The molecule has 1 unspecified atom stereocenters. The van der Waals surface area contributed by atoms with Crippen LogP contribution in [0.1, 0.15) is 13.8 Å². The fraction of sp³-hybridized carbons (Fsp3) is 0.400. The summed E-state index contributed by atoms with van der Waals surface area (Å²) in [6.07, 6.45) is 5.39. The van der Waals surface area contributed by atoms with Crippen LogP contribution in [0.3, 0.4) is 0 Å². The largest absolute Gasteiger partial charge is 0.454 e. The molecule has 0 fully saturated rings. The van der Waals surface area contributed by atoms with Gasteiger partial charge in [0, 0.05) is 12.1 Å². The van der Waals surface area contributed by atoms with Crippen LogP contribution in [0.2, 0.25) is 0 Å². The number of carbonyl (C=O) groups excluding carboxylic acids is 1. The molecule has 104 valence electrons. The Hall–Kier alpha value is -2.35. The van der Waals surface area contributed by atoms with Gasteiger partial charge in [0.25, 0.3) is 5.91 Å². The van der Waals surface area contributed by atoms with Crippen LogP contribution in [-0.4, -0.2) is 25.3 Å². The minimum Gasteiger partial charge on any atom is -0.454 e. The predicted molar refractivity (Wildman–Crippen MR) is 76.0 cm³/mol. The van der Waals surface area contributed by atoms with E-state index in [9.17, 15) is 4.79 Å². The molecule has 1 amide bonds. The molecule has 0 spiro atoms. The lowest BCUT2D eigenvalue weighted by atomic mass is 9.98. The van der Waals surface area contributed by atoms with Crippen molar-refractivity contribution < 1.29 is 14.3 Å². The molecule has 2 aliphatic rings. The number of nitrogens with one attached hydrogen (secondary N) is 1. The van der Waals surface area contributed by atoms with Crippen molar-refractivity contribution in [2.45, 2.75) is 19.9 Å². The fourth-order valence-corrected chi connectivity index (χ4v) is 2.49. The number of fused-ring (bicyclic) bond motifs is 2. The van der Waals surface area contributed by atoms with Gasteiger partial charge in [-0.05, 0) is 5.92 Å². The molecule has 1 atom stereocenters. The predicted octanol–water partition coefficient (Wildman–Crippen LogP) is 1.83. The summed E-state index contributed by atoms with van der Waals surface area (Å²) in [6, 6.07) is 3.38. The monoisotopic (exact) mass is 272 g/mol. The molecule has 0 bridgehead atoms. The quantitative estimate of drug-likeness (QED) is 0.835. The minimum absolute atomic E-state index is 0.00989. The molecule has 0 saturated carbocycles. The van der Waals surface area contributed by atoms with Crippen LogP contribution < -0.4 is 19.7 Å². The second-order valence-electron chi connectivity index (χ2n) is 5.22. The highest BCUT2D eigenvalue weighted by Crippen LogP contribution is 2.43. The van der Waals surface area contributed by atoms with Gasteiger partial charge in [-0.3, -0.25) is 9.69 Å². The Bertz CT molecular complexity index is 604. The molecule has 0 radical (unpaired) electrons. The van der Waals surface area contributed by atoms with Crippen molar-refractivity contribution in [1.82, 2.24) is 0 Å². The van der Waals surface area contributed by atoms with E-state index in [4.69, 9.17) is 15.9 Å². The molecule has 5 heteroatoms. The molecule has 0 aromatic heterocycles. The summed E-state index contributed by atoms with van der Waals surface area (Å²) in [6.45, 7) is 4.45. The number of carbonyl (C=O) groups is 1. The molecule has 20 heavy (non-hydrogen) atoms. The van der Waals surface area contributed by atoms with Crippen molar-refractivity contribution in [2.75, 3.05) is 23.6 Å². The van der Waals surface area contributed by atoms with Gasteiger partial charge >= 0.3 is 0 Å². The number of nitrogens with zero attached hydrogens (tertiary/aromatic N) is 1. The lowest BCUT2D eigenvalue weighted by molar-refractivity contribution is -0.120. The van der Waals surface area contributed by atoms with E-state index in [2.05, 4.69) is 11.2 Å². The Morgan fingerprint density at radius 3 is 2.80 bits per heavy atom. The molecule has 1 N–H and O–H groups in total. The lowest BCUT2D eigenvalue weighted by Gasteiger charge is -2.36. The smallest absolute Gasteiger partial charge is 0.250 e. The van der Waals surface area contributed by atoms with E-state index in [1.807, 2.05) is 19.9 Å². The van der Waals surface area contributed by atoms with Crippen LogP contribution >= 0.6 is 0 Å². The van der Waals surface area contributed by atoms with E-state index < -0.39 is 0 Å². The maximum atomic E-state index is 12.5. The first-order chi connectivity index (χ1) is 9.61. The molecular formula is C15H16N2O3.